The highest BCUT2D eigenvalue weighted by Gasteiger charge is 2.12. The van der Waals surface area contributed by atoms with Crippen LogP contribution >= 0.6 is 38.9 Å². The molecule has 0 saturated heterocycles. The Balaban J connectivity index is 2.34. The molecule has 0 atom stereocenters. The normalized spacial score (nSPS) is 10.9. The Morgan fingerprint density at radius 1 is 1.39 bits per heavy atom. The molecule has 2 aromatic rings. The molecule has 0 fully saturated rings. The highest BCUT2D eigenvalue weighted by atomic mass is 79.9. The van der Waals surface area contributed by atoms with E-state index >= 15 is 0 Å². The third-order valence-electron chi connectivity index (χ3n) is 2.46. The molecule has 1 heterocycles. The first-order valence-corrected chi connectivity index (χ1v) is 7.55. The van der Waals surface area contributed by atoms with E-state index in [1.54, 1.807) is 11.3 Å². The Labute approximate surface area is 123 Å². The van der Waals surface area contributed by atoms with Crippen molar-refractivity contribution in [3.05, 3.63) is 44.5 Å². The molecule has 1 aromatic heterocycles. The van der Waals surface area contributed by atoms with E-state index < -0.39 is 0 Å². The molecule has 0 unspecified atom stereocenters. The van der Waals surface area contributed by atoms with E-state index in [2.05, 4.69) is 34.2 Å². The summed E-state index contributed by atoms with van der Waals surface area (Å²) in [5.41, 5.74) is 0.853. The lowest BCUT2D eigenvalue weighted by molar-refractivity contribution is 0.627. The second kappa shape index (κ2) is 6.15. The Morgan fingerprint density at radius 3 is 2.83 bits per heavy atom. The zero-order valence-corrected chi connectivity index (χ0v) is 12.9. The van der Waals surface area contributed by atoms with E-state index in [9.17, 15) is 4.39 Å². The van der Waals surface area contributed by atoms with Gasteiger partial charge in [0.2, 0.25) is 0 Å². The van der Waals surface area contributed by atoms with Gasteiger partial charge < -0.3 is 5.32 Å². The molecule has 1 N–H and O–H groups in total. The predicted molar refractivity (Wildman–Crippen MR) is 79.8 cm³/mol. The number of thiophene rings is 1. The van der Waals surface area contributed by atoms with Crippen molar-refractivity contribution in [2.24, 2.45) is 0 Å². The third-order valence-corrected chi connectivity index (χ3v) is 4.49. The maximum Gasteiger partial charge on any atom is 0.125 e. The largest absolute Gasteiger partial charge is 0.312 e. The average molecular weight is 349 g/mol. The van der Waals surface area contributed by atoms with Crippen LogP contribution in [0.25, 0.3) is 10.4 Å². The molecule has 0 amide bonds. The van der Waals surface area contributed by atoms with Crippen molar-refractivity contribution < 1.29 is 4.39 Å². The predicted octanol–water partition coefficient (Wildman–Crippen LogP) is 5.08. The Kier molecular flexibility index (Phi) is 4.78. The monoisotopic (exact) mass is 347 g/mol. The summed E-state index contributed by atoms with van der Waals surface area (Å²) in [6.07, 6.45) is 0. The molecular formula is C13H12BrClFNS. The number of benzene rings is 1. The minimum Gasteiger partial charge on any atom is -0.312 e. The summed E-state index contributed by atoms with van der Waals surface area (Å²) < 4.78 is 13.9. The summed E-state index contributed by atoms with van der Waals surface area (Å²) in [5, 5.41) is 3.70. The number of halogens is 3. The van der Waals surface area contributed by atoms with Crippen molar-refractivity contribution in [3.8, 4) is 10.4 Å². The molecule has 0 saturated carbocycles. The van der Waals surface area contributed by atoms with Crippen LogP contribution in [0.3, 0.4) is 0 Å². The van der Waals surface area contributed by atoms with Crippen LogP contribution in [0.2, 0.25) is 5.02 Å². The molecule has 0 spiro atoms. The quantitative estimate of drug-likeness (QED) is 0.812. The van der Waals surface area contributed by atoms with Crippen molar-refractivity contribution in [3.63, 3.8) is 0 Å². The molecule has 0 aliphatic heterocycles. The van der Waals surface area contributed by atoms with E-state index in [0.717, 1.165) is 23.5 Å². The van der Waals surface area contributed by atoms with Crippen LogP contribution in [0.1, 0.15) is 11.8 Å². The number of rotatable bonds is 4. The summed E-state index contributed by atoms with van der Waals surface area (Å²) in [6.45, 7) is 3.85. The molecule has 0 radical (unpaired) electrons. The van der Waals surface area contributed by atoms with Crippen molar-refractivity contribution >= 4 is 38.9 Å². The fraction of sp³-hybridized carbons (Fsp3) is 0.231. The third kappa shape index (κ3) is 3.12. The van der Waals surface area contributed by atoms with Gasteiger partial charge in [-0.1, -0.05) is 18.5 Å². The van der Waals surface area contributed by atoms with Gasteiger partial charge in [0.25, 0.3) is 0 Å². The maximum absolute atomic E-state index is 13.2. The lowest BCUT2D eigenvalue weighted by atomic mass is 10.2. The molecule has 1 aromatic carbocycles. The molecular weight excluding hydrogens is 337 g/mol. The van der Waals surface area contributed by atoms with Gasteiger partial charge in [0.05, 0.1) is 5.02 Å². The number of hydrogen-bond acceptors (Lipinski definition) is 2. The van der Waals surface area contributed by atoms with Crippen molar-refractivity contribution in [2.75, 3.05) is 6.54 Å². The Bertz CT molecular complexity index is 533. The summed E-state index contributed by atoms with van der Waals surface area (Å²) in [4.78, 5) is 2.28. The van der Waals surface area contributed by atoms with Crippen LogP contribution in [0.5, 0.6) is 0 Å². The summed E-state index contributed by atoms with van der Waals surface area (Å²) >= 11 is 11.1. The molecule has 96 valence electrons. The van der Waals surface area contributed by atoms with Gasteiger partial charge >= 0.3 is 0 Å². The van der Waals surface area contributed by atoms with Gasteiger partial charge in [0.15, 0.2) is 0 Å². The van der Waals surface area contributed by atoms with Crippen molar-refractivity contribution in [2.45, 2.75) is 13.5 Å². The van der Waals surface area contributed by atoms with Crippen molar-refractivity contribution in [1.29, 1.82) is 0 Å². The SMILES string of the molecule is CCNCc1ccc(-c2c(Cl)cc(F)cc2Br)s1. The van der Waals surface area contributed by atoms with Gasteiger partial charge in [0.1, 0.15) is 5.82 Å². The Morgan fingerprint density at radius 2 is 2.17 bits per heavy atom. The van der Waals surface area contributed by atoms with Gasteiger partial charge in [-0.15, -0.1) is 11.3 Å². The second-order valence-corrected chi connectivity index (χ2v) is 6.22. The van der Waals surface area contributed by atoms with Gasteiger partial charge in [-0.25, -0.2) is 4.39 Å². The molecule has 18 heavy (non-hydrogen) atoms. The fourth-order valence-electron chi connectivity index (χ4n) is 1.63. The van der Waals surface area contributed by atoms with Crippen LogP contribution < -0.4 is 5.32 Å². The summed E-state index contributed by atoms with van der Waals surface area (Å²) in [7, 11) is 0. The van der Waals surface area contributed by atoms with Crippen LogP contribution in [0, 0.1) is 5.82 Å². The van der Waals surface area contributed by atoms with Gasteiger partial charge in [-0.2, -0.15) is 0 Å². The number of hydrogen-bond donors (Lipinski definition) is 1. The lowest BCUT2D eigenvalue weighted by Gasteiger charge is -2.05. The van der Waals surface area contributed by atoms with E-state index in [1.807, 2.05) is 6.07 Å². The van der Waals surface area contributed by atoms with Crippen LogP contribution in [0.15, 0.2) is 28.7 Å². The molecule has 0 aliphatic rings. The summed E-state index contributed by atoms with van der Waals surface area (Å²) in [5.74, 6) is -0.333. The van der Waals surface area contributed by atoms with E-state index in [-0.39, 0.29) is 5.82 Å². The second-order valence-electron chi connectivity index (χ2n) is 3.79. The van der Waals surface area contributed by atoms with Gasteiger partial charge in [-0.3, -0.25) is 0 Å². The minimum atomic E-state index is -0.333. The molecule has 1 nitrogen and oxygen atoms in total. The summed E-state index contributed by atoms with van der Waals surface area (Å²) in [6, 6.07) is 6.85. The molecule has 0 bridgehead atoms. The van der Waals surface area contributed by atoms with Crippen molar-refractivity contribution in [1.82, 2.24) is 5.32 Å². The first-order valence-electron chi connectivity index (χ1n) is 5.56. The Hall–Kier alpha value is -0.420. The molecule has 5 heteroatoms. The van der Waals surface area contributed by atoms with Crippen LogP contribution in [-0.4, -0.2) is 6.54 Å². The van der Waals surface area contributed by atoms with Crippen LogP contribution in [0.4, 0.5) is 4.39 Å². The maximum atomic E-state index is 13.2. The highest BCUT2D eigenvalue weighted by molar-refractivity contribution is 9.10. The molecule has 0 aliphatic carbocycles. The lowest BCUT2D eigenvalue weighted by Crippen LogP contribution is -2.10. The van der Waals surface area contributed by atoms with E-state index in [0.29, 0.717) is 9.50 Å². The minimum absolute atomic E-state index is 0.333. The first kappa shape index (κ1) is 14.0. The highest BCUT2D eigenvalue weighted by Crippen LogP contribution is 2.39. The first-order chi connectivity index (χ1) is 8.61. The number of nitrogens with one attached hydrogen (secondary N) is 1. The van der Waals surface area contributed by atoms with Gasteiger partial charge in [0, 0.05) is 26.3 Å². The zero-order chi connectivity index (χ0) is 13.1. The van der Waals surface area contributed by atoms with E-state index in [4.69, 9.17) is 11.6 Å². The molecule has 2 rings (SSSR count). The topological polar surface area (TPSA) is 12.0 Å². The van der Waals surface area contributed by atoms with Gasteiger partial charge in [-0.05, 0) is 46.7 Å². The average Bonchev–Trinajstić information content (AvgIpc) is 2.73. The van der Waals surface area contributed by atoms with Crippen LogP contribution in [-0.2, 0) is 6.54 Å². The standard InChI is InChI=1S/C13H12BrClFNS/c1-2-17-7-9-3-4-12(18-9)13-10(14)5-8(16)6-11(13)15/h3-6,17H,2,7H2,1H3. The van der Waals surface area contributed by atoms with E-state index in [1.165, 1.54) is 17.0 Å². The zero-order valence-electron chi connectivity index (χ0n) is 9.77. The smallest absolute Gasteiger partial charge is 0.125 e. The fourth-order valence-corrected chi connectivity index (χ4v) is 3.94.